The molecule has 1 aliphatic rings. The van der Waals surface area contributed by atoms with Crippen molar-refractivity contribution in [1.82, 2.24) is 15.6 Å². The lowest BCUT2D eigenvalue weighted by Crippen LogP contribution is -2.49. The number of furan rings is 1. The maximum absolute atomic E-state index is 13.7. The van der Waals surface area contributed by atoms with Gasteiger partial charge in [-0.1, -0.05) is 19.3 Å². The van der Waals surface area contributed by atoms with Gasteiger partial charge in [0.1, 0.15) is 11.9 Å². The van der Waals surface area contributed by atoms with Crippen LogP contribution in [0.3, 0.4) is 0 Å². The molecule has 0 unspecified atom stereocenters. The number of benzene rings is 1. The van der Waals surface area contributed by atoms with Crippen molar-refractivity contribution in [3.8, 4) is 0 Å². The molecule has 0 aliphatic heterocycles. The highest BCUT2D eigenvalue weighted by Gasteiger charge is 2.34. The molecule has 0 bridgehead atoms. The lowest BCUT2D eigenvalue weighted by atomic mass is 9.94. The van der Waals surface area contributed by atoms with Crippen molar-refractivity contribution in [3.63, 3.8) is 0 Å². The molecule has 0 spiro atoms. The van der Waals surface area contributed by atoms with E-state index in [0.717, 1.165) is 32.1 Å². The molecule has 3 amide bonds. The van der Waals surface area contributed by atoms with Gasteiger partial charge in [0.05, 0.1) is 12.8 Å². The first-order chi connectivity index (χ1) is 17.0. The van der Waals surface area contributed by atoms with Crippen LogP contribution < -0.4 is 15.5 Å². The van der Waals surface area contributed by atoms with E-state index in [0.29, 0.717) is 11.3 Å². The van der Waals surface area contributed by atoms with E-state index in [9.17, 15) is 18.8 Å². The molecule has 3 aromatic rings. The smallest absolute Gasteiger partial charge is 0.287 e. The summed E-state index contributed by atoms with van der Waals surface area (Å²) in [5.74, 6) is -1.86. The summed E-state index contributed by atoms with van der Waals surface area (Å²) in [5, 5.41) is 5.62. The fourth-order valence-electron chi connectivity index (χ4n) is 4.27. The minimum absolute atomic E-state index is 0.0180. The molecule has 2 heterocycles. The molecule has 0 radical (unpaired) electrons. The Morgan fingerprint density at radius 2 is 1.74 bits per heavy atom. The van der Waals surface area contributed by atoms with E-state index < -0.39 is 30.2 Å². The van der Waals surface area contributed by atoms with Gasteiger partial charge in [0.25, 0.3) is 5.91 Å². The van der Waals surface area contributed by atoms with Crippen molar-refractivity contribution >= 4 is 23.4 Å². The monoisotopic (exact) mass is 478 g/mol. The Morgan fingerprint density at radius 3 is 2.40 bits per heavy atom. The standard InChI is InChI=1S/C26H27FN4O4/c27-19-8-10-21(11-9-19)31(23(32)17-29-25(33)22-7-4-16-35-22)24(18-12-14-28-15-13-18)26(34)30-20-5-2-1-3-6-20/h4,7-16,20,24H,1-3,5-6,17H2,(H,29,33)(H,30,34)/t24-/m0/s1. The number of aromatic nitrogens is 1. The second kappa shape index (κ2) is 11.4. The third kappa shape index (κ3) is 6.11. The molecule has 0 saturated heterocycles. The van der Waals surface area contributed by atoms with Gasteiger partial charge in [-0.05, 0) is 66.9 Å². The van der Waals surface area contributed by atoms with Gasteiger partial charge >= 0.3 is 0 Å². The van der Waals surface area contributed by atoms with Gasteiger partial charge in [-0.15, -0.1) is 0 Å². The van der Waals surface area contributed by atoms with Gasteiger partial charge in [-0.2, -0.15) is 0 Å². The predicted octanol–water partition coefficient (Wildman–Crippen LogP) is 3.77. The maximum Gasteiger partial charge on any atom is 0.287 e. The van der Waals surface area contributed by atoms with Gasteiger partial charge in [0.15, 0.2) is 5.76 Å². The number of halogens is 1. The van der Waals surface area contributed by atoms with Crippen molar-refractivity contribution in [2.45, 2.75) is 44.2 Å². The molecule has 2 N–H and O–H groups in total. The molecule has 8 nitrogen and oxygen atoms in total. The highest BCUT2D eigenvalue weighted by atomic mass is 19.1. The largest absolute Gasteiger partial charge is 0.459 e. The number of rotatable bonds is 8. The number of anilines is 1. The first-order valence-corrected chi connectivity index (χ1v) is 11.6. The average molecular weight is 479 g/mol. The van der Waals surface area contributed by atoms with Crippen LogP contribution in [0.5, 0.6) is 0 Å². The molecule has 1 fully saturated rings. The normalized spacial score (nSPS) is 14.7. The Morgan fingerprint density at radius 1 is 1.03 bits per heavy atom. The van der Waals surface area contributed by atoms with E-state index in [1.165, 1.54) is 41.5 Å². The Balaban J connectivity index is 1.65. The number of carbonyl (C=O) groups excluding carboxylic acids is 3. The van der Waals surface area contributed by atoms with Crippen molar-refractivity contribution in [3.05, 3.63) is 84.3 Å². The zero-order valence-electron chi connectivity index (χ0n) is 19.2. The maximum atomic E-state index is 13.7. The minimum atomic E-state index is -1.04. The molecule has 1 atom stereocenters. The molecular weight excluding hydrogens is 451 g/mol. The lowest BCUT2D eigenvalue weighted by molar-refractivity contribution is -0.127. The van der Waals surface area contributed by atoms with Crippen LogP contribution in [0.25, 0.3) is 0 Å². The summed E-state index contributed by atoms with van der Waals surface area (Å²) in [5.41, 5.74) is 0.868. The van der Waals surface area contributed by atoms with Crippen LogP contribution in [0, 0.1) is 5.82 Å². The number of nitrogens with zero attached hydrogens (tertiary/aromatic N) is 2. The quantitative estimate of drug-likeness (QED) is 0.513. The number of hydrogen-bond donors (Lipinski definition) is 2. The molecule has 4 rings (SSSR count). The van der Waals surface area contributed by atoms with Crippen LogP contribution >= 0.6 is 0 Å². The van der Waals surface area contributed by atoms with Crippen molar-refractivity contribution in [1.29, 1.82) is 0 Å². The van der Waals surface area contributed by atoms with E-state index in [4.69, 9.17) is 4.42 Å². The summed E-state index contributed by atoms with van der Waals surface area (Å²) in [6.07, 6.45) is 9.39. The van der Waals surface area contributed by atoms with Crippen LogP contribution in [0.4, 0.5) is 10.1 Å². The number of hydrogen-bond acceptors (Lipinski definition) is 5. The highest BCUT2D eigenvalue weighted by molar-refractivity contribution is 6.04. The summed E-state index contributed by atoms with van der Waals surface area (Å²) in [6.45, 7) is -0.394. The summed E-state index contributed by atoms with van der Waals surface area (Å²) in [4.78, 5) is 44.8. The second-order valence-corrected chi connectivity index (χ2v) is 8.43. The summed E-state index contributed by atoms with van der Waals surface area (Å²) >= 11 is 0. The van der Waals surface area contributed by atoms with Crippen LogP contribution in [0.15, 0.2) is 71.6 Å². The average Bonchev–Trinajstić information content (AvgIpc) is 3.43. The van der Waals surface area contributed by atoms with Gasteiger partial charge in [0.2, 0.25) is 11.8 Å². The molecule has 1 aromatic carbocycles. The summed E-state index contributed by atoms with van der Waals surface area (Å²) < 4.78 is 18.8. The molecule has 1 aliphatic carbocycles. The highest BCUT2D eigenvalue weighted by Crippen LogP contribution is 2.29. The number of pyridine rings is 1. The molecular formula is C26H27FN4O4. The zero-order valence-corrected chi connectivity index (χ0v) is 19.2. The zero-order chi connectivity index (χ0) is 24.6. The van der Waals surface area contributed by atoms with E-state index in [1.54, 1.807) is 30.6 Å². The van der Waals surface area contributed by atoms with Crippen LogP contribution in [-0.2, 0) is 9.59 Å². The fourth-order valence-corrected chi connectivity index (χ4v) is 4.27. The Hall–Kier alpha value is -4.01. The molecule has 182 valence electrons. The van der Waals surface area contributed by atoms with Gasteiger partial charge in [-0.25, -0.2) is 4.39 Å². The summed E-state index contributed by atoms with van der Waals surface area (Å²) in [7, 11) is 0. The Bertz CT molecular complexity index is 1130. The molecule has 1 saturated carbocycles. The third-order valence-electron chi connectivity index (χ3n) is 6.00. The molecule has 35 heavy (non-hydrogen) atoms. The number of amides is 3. The SMILES string of the molecule is O=C(NCC(=O)N(c1ccc(F)cc1)[C@H](C(=O)NC1CCCCC1)c1ccncc1)c1ccco1. The van der Waals surface area contributed by atoms with Crippen molar-refractivity contribution < 1.29 is 23.2 Å². The van der Waals surface area contributed by atoms with Gasteiger partial charge in [0, 0.05) is 24.1 Å². The fraction of sp³-hybridized carbons (Fsp3) is 0.308. The summed E-state index contributed by atoms with van der Waals surface area (Å²) in [6, 6.07) is 10.7. The van der Waals surface area contributed by atoms with Crippen LogP contribution in [-0.4, -0.2) is 35.3 Å². The van der Waals surface area contributed by atoms with E-state index in [-0.39, 0.29) is 17.7 Å². The third-order valence-corrected chi connectivity index (χ3v) is 6.00. The first kappa shape index (κ1) is 24.1. The van der Waals surface area contributed by atoms with E-state index in [2.05, 4.69) is 15.6 Å². The van der Waals surface area contributed by atoms with Crippen molar-refractivity contribution in [2.75, 3.05) is 11.4 Å². The molecule has 9 heteroatoms. The van der Waals surface area contributed by atoms with Crippen LogP contribution in [0.1, 0.15) is 54.3 Å². The predicted molar refractivity (Wildman–Crippen MR) is 127 cm³/mol. The van der Waals surface area contributed by atoms with E-state index in [1.807, 2.05) is 0 Å². The Kier molecular flexibility index (Phi) is 7.87. The van der Waals surface area contributed by atoms with Crippen molar-refractivity contribution in [2.24, 2.45) is 0 Å². The topological polar surface area (TPSA) is 105 Å². The Labute approximate surface area is 202 Å². The number of carbonyl (C=O) groups is 3. The van der Waals surface area contributed by atoms with E-state index >= 15 is 0 Å². The second-order valence-electron chi connectivity index (χ2n) is 8.43. The first-order valence-electron chi connectivity index (χ1n) is 11.6. The van der Waals surface area contributed by atoms with Gasteiger partial charge in [-0.3, -0.25) is 24.3 Å². The molecule has 2 aromatic heterocycles. The number of nitrogens with one attached hydrogen (secondary N) is 2. The van der Waals surface area contributed by atoms with Gasteiger partial charge < -0.3 is 15.1 Å². The minimum Gasteiger partial charge on any atom is -0.459 e. The van der Waals surface area contributed by atoms with Crippen LogP contribution in [0.2, 0.25) is 0 Å². The lowest BCUT2D eigenvalue weighted by Gasteiger charge is -2.33.